The van der Waals surface area contributed by atoms with Gasteiger partial charge in [-0.05, 0) is 48.1 Å². The molecule has 1 aliphatic carbocycles. The van der Waals surface area contributed by atoms with Crippen LogP contribution in [0.3, 0.4) is 0 Å². The first-order valence-electron chi connectivity index (χ1n) is 9.25. The van der Waals surface area contributed by atoms with E-state index in [1.807, 2.05) is 25.3 Å². The number of halogens is 2. The van der Waals surface area contributed by atoms with Crippen molar-refractivity contribution in [2.24, 2.45) is 7.05 Å². The number of aryl methyl sites for hydroxylation is 3. The van der Waals surface area contributed by atoms with E-state index in [1.165, 1.54) is 0 Å². The summed E-state index contributed by atoms with van der Waals surface area (Å²) < 4.78 is 35.5. The molecule has 5 nitrogen and oxygen atoms in total. The van der Waals surface area contributed by atoms with Gasteiger partial charge >= 0.3 is 5.97 Å². The molecule has 0 saturated carbocycles. The summed E-state index contributed by atoms with van der Waals surface area (Å²) in [5, 5.41) is 12.9. The monoisotopic (exact) mass is 390 g/mol. The predicted octanol–water partition coefficient (Wildman–Crippen LogP) is 4.40. The van der Waals surface area contributed by atoms with Gasteiger partial charge in [-0.15, -0.1) is 0 Å². The van der Waals surface area contributed by atoms with Crippen molar-refractivity contribution in [3.63, 3.8) is 0 Å². The van der Waals surface area contributed by atoms with Crippen LogP contribution in [0.25, 0.3) is 5.57 Å². The van der Waals surface area contributed by atoms with Gasteiger partial charge in [0.2, 0.25) is 0 Å². The fourth-order valence-electron chi connectivity index (χ4n) is 3.50. The highest BCUT2D eigenvalue weighted by molar-refractivity contribution is 5.69. The van der Waals surface area contributed by atoms with E-state index in [1.54, 1.807) is 24.0 Å². The topological polar surface area (TPSA) is 64.3 Å². The van der Waals surface area contributed by atoms with Crippen LogP contribution in [0.1, 0.15) is 42.4 Å². The smallest absolute Gasteiger partial charge is 0.303 e. The second kappa shape index (κ2) is 8.12. The maximum atomic E-state index is 14.0. The van der Waals surface area contributed by atoms with Gasteiger partial charge in [-0.25, -0.2) is 8.78 Å². The molecule has 2 aromatic rings. The summed E-state index contributed by atoms with van der Waals surface area (Å²) in [6.45, 7) is 1.96. The number of benzene rings is 1. The van der Waals surface area contributed by atoms with Gasteiger partial charge in [0.05, 0.1) is 6.20 Å². The number of carboxylic acids is 1. The second-order valence-electron chi connectivity index (χ2n) is 7.30. The van der Waals surface area contributed by atoms with E-state index in [4.69, 9.17) is 9.84 Å². The molecule has 0 fully saturated rings. The number of rotatable bonds is 7. The molecule has 1 N–H and O–H groups in total. The van der Waals surface area contributed by atoms with Gasteiger partial charge in [-0.3, -0.25) is 9.48 Å². The average Bonchev–Trinajstić information content (AvgIpc) is 3.04. The summed E-state index contributed by atoms with van der Waals surface area (Å²) in [4.78, 5) is 10.7. The normalized spacial score (nSPS) is 16.3. The van der Waals surface area contributed by atoms with Crippen molar-refractivity contribution in [1.82, 2.24) is 9.78 Å². The number of hydrogen-bond acceptors (Lipinski definition) is 3. The summed E-state index contributed by atoms with van der Waals surface area (Å²) in [7, 11) is 1.80. The molecule has 7 heteroatoms. The van der Waals surface area contributed by atoms with Crippen molar-refractivity contribution in [1.29, 1.82) is 0 Å². The Hall–Kier alpha value is -2.70. The predicted molar refractivity (Wildman–Crippen MR) is 102 cm³/mol. The van der Waals surface area contributed by atoms with Crippen LogP contribution in [-0.4, -0.2) is 33.4 Å². The Labute approximate surface area is 162 Å². The first kappa shape index (κ1) is 20.0. The third-order valence-corrected chi connectivity index (χ3v) is 4.96. The molecule has 0 amide bonds. The Bertz CT molecular complexity index is 903. The number of aliphatic carboxylic acids is 1. The van der Waals surface area contributed by atoms with Crippen molar-refractivity contribution >= 4 is 11.5 Å². The van der Waals surface area contributed by atoms with Crippen molar-refractivity contribution in [2.75, 3.05) is 6.61 Å². The fraction of sp³-hybridized carbons (Fsp3) is 0.429. The van der Waals surface area contributed by atoms with Gasteiger partial charge < -0.3 is 9.84 Å². The quantitative estimate of drug-likeness (QED) is 0.761. The molecular formula is C21H24F2N2O3. The molecule has 0 saturated heterocycles. The summed E-state index contributed by atoms with van der Waals surface area (Å²) in [6, 6.07) is 5.47. The maximum absolute atomic E-state index is 14.0. The lowest BCUT2D eigenvalue weighted by molar-refractivity contribution is -0.136. The highest BCUT2D eigenvalue weighted by Crippen LogP contribution is 2.41. The number of carboxylic acid groups (broad SMARTS) is 1. The number of nitrogens with zero attached hydrogens (tertiary/aromatic N) is 2. The van der Waals surface area contributed by atoms with E-state index < -0.39 is 11.9 Å². The van der Waals surface area contributed by atoms with E-state index in [2.05, 4.69) is 5.10 Å². The lowest BCUT2D eigenvalue weighted by Gasteiger charge is -2.27. The minimum absolute atomic E-state index is 0.0656. The van der Waals surface area contributed by atoms with Crippen LogP contribution in [0.5, 0.6) is 5.75 Å². The summed E-state index contributed by atoms with van der Waals surface area (Å²) in [6.07, 6.45) is 3.85. The molecule has 0 unspecified atom stereocenters. The zero-order valence-electron chi connectivity index (χ0n) is 16.0. The SMILES string of the molecule is Cc1cc(CCC(=O)O)ccc1OCC1=C(c2cnn(C)c2)CCC(F)(F)C1. The van der Waals surface area contributed by atoms with Gasteiger partial charge in [0.25, 0.3) is 5.92 Å². The third-order valence-electron chi connectivity index (χ3n) is 4.96. The van der Waals surface area contributed by atoms with Gasteiger partial charge in [0.15, 0.2) is 0 Å². The summed E-state index contributed by atoms with van der Waals surface area (Å²) >= 11 is 0. The molecule has 0 radical (unpaired) electrons. The molecular weight excluding hydrogens is 366 g/mol. The highest BCUT2D eigenvalue weighted by atomic mass is 19.3. The Morgan fingerprint density at radius 3 is 2.82 bits per heavy atom. The number of carbonyl (C=O) groups is 1. The van der Waals surface area contributed by atoms with E-state index in [0.717, 1.165) is 22.3 Å². The fourth-order valence-corrected chi connectivity index (χ4v) is 3.50. The molecule has 0 atom stereocenters. The average molecular weight is 390 g/mol. The first-order valence-corrected chi connectivity index (χ1v) is 9.25. The Kier molecular flexibility index (Phi) is 5.82. The molecule has 150 valence electrons. The van der Waals surface area contributed by atoms with Gasteiger partial charge in [-0.1, -0.05) is 12.1 Å². The zero-order chi connectivity index (χ0) is 20.3. The minimum atomic E-state index is -2.72. The van der Waals surface area contributed by atoms with Crippen molar-refractivity contribution in [2.45, 2.75) is 45.0 Å². The largest absolute Gasteiger partial charge is 0.489 e. The molecule has 0 spiro atoms. The standard InChI is InChI=1S/C21H24F2N2O3/c1-14-9-15(4-6-20(26)27)3-5-19(14)28-13-16-10-21(22,23)8-7-18(16)17-11-24-25(2)12-17/h3,5,9,11-12H,4,6-8,10,13H2,1-2H3,(H,26,27). The zero-order valence-corrected chi connectivity index (χ0v) is 16.0. The molecule has 0 aliphatic heterocycles. The van der Waals surface area contributed by atoms with E-state index >= 15 is 0 Å². The van der Waals surface area contributed by atoms with Gasteiger partial charge in [-0.2, -0.15) is 5.10 Å². The third kappa shape index (κ3) is 4.97. The number of ether oxygens (including phenoxy) is 1. The van der Waals surface area contributed by atoms with E-state index in [-0.39, 0.29) is 25.9 Å². The van der Waals surface area contributed by atoms with Crippen LogP contribution in [0.2, 0.25) is 0 Å². The van der Waals surface area contributed by atoms with Gasteiger partial charge in [0, 0.05) is 38.1 Å². The van der Waals surface area contributed by atoms with Gasteiger partial charge in [0.1, 0.15) is 12.4 Å². The van der Waals surface area contributed by atoms with Crippen LogP contribution >= 0.6 is 0 Å². The lowest BCUT2D eigenvalue weighted by Crippen LogP contribution is -2.24. The number of aromatic nitrogens is 2. The molecule has 1 aromatic heterocycles. The van der Waals surface area contributed by atoms with E-state index in [0.29, 0.717) is 24.2 Å². The Balaban J connectivity index is 1.76. The highest BCUT2D eigenvalue weighted by Gasteiger charge is 2.36. The molecule has 0 bridgehead atoms. The molecule has 1 aliphatic rings. The first-order chi connectivity index (χ1) is 13.2. The minimum Gasteiger partial charge on any atom is -0.489 e. The summed E-state index contributed by atoms with van der Waals surface area (Å²) in [5.41, 5.74) is 4.10. The maximum Gasteiger partial charge on any atom is 0.303 e. The molecule has 1 heterocycles. The Morgan fingerprint density at radius 1 is 1.39 bits per heavy atom. The van der Waals surface area contributed by atoms with E-state index in [9.17, 15) is 13.6 Å². The Morgan fingerprint density at radius 2 is 2.18 bits per heavy atom. The van der Waals surface area contributed by atoms with Crippen LogP contribution in [0, 0.1) is 6.92 Å². The van der Waals surface area contributed by atoms with Crippen molar-refractivity contribution in [3.8, 4) is 5.75 Å². The van der Waals surface area contributed by atoms with Crippen molar-refractivity contribution in [3.05, 3.63) is 52.9 Å². The van der Waals surface area contributed by atoms with Crippen LogP contribution in [0.4, 0.5) is 8.78 Å². The lowest BCUT2D eigenvalue weighted by atomic mass is 9.86. The molecule has 1 aromatic carbocycles. The number of allylic oxidation sites excluding steroid dienone is 1. The molecule has 3 rings (SSSR count). The summed E-state index contributed by atoms with van der Waals surface area (Å²) in [5.74, 6) is -2.95. The van der Waals surface area contributed by atoms with Crippen LogP contribution in [0.15, 0.2) is 36.2 Å². The molecule has 28 heavy (non-hydrogen) atoms. The number of alkyl halides is 2. The second-order valence-corrected chi connectivity index (χ2v) is 7.30. The number of hydrogen-bond donors (Lipinski definition) is 1. The van der Waals surface area contributed by atoms with Crippen LogP contribution < -0.4 is 4.74 Å². The van der Waals surface area contributed by atoms with Crippen LogP contribution in [-0.2, 0) is 18.3 Å². The van der Waals surface area contributed by atoms with Crippen molar-refractivity contribution < 1.29 is 23.4 Å².